The second-order valence-corrected chi connectivity index (χ2v) is 9.41. The molecule has 0 unspecified atom stereocenters. The zero-order valence-corrected chi connectivity index (χ0v) is 20.8. The van der Waals surface area contributed by atoms with Crippen LogP contribution in [0.5, 0.6) is 17.2 Å². The Balaban J connectivity index is 1.41. The monoisotopic (exact) mass is 501 g/mol. The number of amides is 2. The first-order valence-corrected chi connectivity index (χ1v) is 12.5. The van der Waals surface area contributed by atoms with E-state index in [0.29, 0.717) is 40.6 Å². The van der Waals surface area contributed by atoms with Crippen molar-refractivity contribution in [3.05, 3.63) is 83.4 Å². The van der Waals surface area contributed by atoms with Crippen LogP contribution < -0.4 is 25.3 Å². The number of methoxy groups -OCH3 is 1. The molecule has 0 saturated heterocycles. The van der Waals surface area contributed by atoms with Gasteiger partial charge in [0.1, 0.15) is 5.75 Å². The van der Waals surface area contributed by atoms with Crippen molar-refractivity contribution in [2.75, 3.05) is 19.2 Å². The summed E-state index contributed by atoms with van der Waals surface area (Å²) in [5.74, 6) is 1.48. The largest absolute Gasteiger partial charge is 0.497 e. The van der Waals surface area contributed by atoms with Crippen LogP contribution in [0.25, 0.3) is 0 Å². The van der Waals surface area contributed by atoms with Crippen molar-refractivity contribution < 1.29 is 23.8 Å². The Hall–Kier alpha value is -4.04. The summed E-state index contributed by atoms with van der Waals surface area (Å²) in [4.78, 5) is 28.8. The van der Waals surface area contributed by atoms with Crippen LogP contribution in [0.15, 0.2) is 66.7 Å². The molecule has 3 N–H and O–H groups in total. The molecule has 0 radical (unpaired) electrons. The predicted octanol–water partition coefficient (Wildman–Crippen LogP) is 4.59. The SMILES string of the molecule is COc1cccc(C(=O)Nc2ccccc2CN(C(=O)c2ccc3c(c2)OCO3)C2CCC(N)CC2)c1. The second-order valence-electron chi connectivity index (χ2n) is 9.41. The van der Waals surface area contributed by atoms with Gasteiger partial charge in [0.15, 0.2) is 11.5 Å². The number of nitrogens with one attached hydrogen (secondary N) is 1. The number of carbonyl (C=O) groups is 2. The number of carbonyl (C=O) groups excluding carboxylic acids is 2. The standard InChI is InChI=1S/C29H31N3O5/c1-35-24-7-4-6-19(15-24)28(33)31-25-8-3-2-5-21(25)17-32(23-12-10-22(30)11-13-23)29(34)20-9-14-26-27(16-20)37-18-36-26/h2-9,14-16,22-23H,10-13,17-18,30H2,1H3,(H,31,33). The van der Waals surface area contributed by atoms with Crippen LogP contribution in [0.1, 0.15) is 52.0 Å². The molecule has 1 heterocycles. The summed E-state index contributed by atoms with van der Waals surface area (Å²) >= 11 is 0. The number of hydrogen-bond donors (Lipinski definition) is 2. The molecule has 192 valence electrons. The molecular formula is C29H31N3O5. The lowest BCUT2D eigenvalue weighted by Gasteiger charge is -2.36. The number of nitrogens with zero attached hydrogens (tertiary/aromatic N) is 1. The van der Waals surface area contributed by atoms with Gasteiger partial charge in [0.2, 0.25) is 6.79 Å². The molecule has 1 fully saturated rings. The van der Waals surface area contributed by atoms with Crippen molar-refractivity contribution in [3.63, 3.8) is 0 Å². The van der Waals surface area contributed by atoms with Crippen LogP contribution >= 0.6 is 0 Å². The highest BCUT2D eigenvalue weighted by atomic mass is 16.7. The minimum Gasteiger partial charge on any atom is -0.497 e. The molecule has 8 nitrogen and oxygen atoms in total. The summed E-state index contributed by atoms with van der Waals surface area (Å²) in [7, 11) is 1.57. The molecule has 1 aliphatic carbocycles. The smallest absolute Gasteiger partial charge is 0.255 e. The summed E-state index contributed by atoms with van der Waals surface area (Å²) in [6.45, 7) is 0.499. The van der Waals surface area contributed by atoms with E-state index in [-0.39, 0.29) is 30.7 Å². The maximum atomic E-state index is 13.9. The van der Waals surface area contributed by atoms with Crippen molar-refractivity contribution in [2.24, 2.45) is 5.73 Å². The Morgan fingerprint density at radius 1 is 0.946 bits per heavy atom. The maximum absolute atomic E-state index is 13.9. The van der Waals surface area contributed by atoms with Crippen LogP contribution in [-0.4, -0.2) is 42.7 Å². The number of benzene rings is 3. The van der Waals surface area contributed by atoms with E-state index < -0.39 is 0 Å². The summed E-state index contributed by atoms with van der Waals surface area (Å²) in [6, 6.07) is 20.1. The lowest BCUT2D eigenvalue weighted by molar-refractivity contribution is 0.0606. The first kappa shape index (κ1) is 24.6. The number of ether oxygens (including phenoxy) is 3. The molecule has 0 aromatic heterocycles. The van der Waals surface area contributed by atoms with E-state index in [2.05, 4.69) is 5.32 Å². The average molecular weight is 502 g/mol. The van der Waals surface area contributed by atoms with Crippen molar-refractivity contribution in [2.45, 2.75) is 44.3 Å². The first-order valence-electron chi connectivity index (χ1n) is 12.5. The van der Waals surface area contributed by atoms with Crippen molar-refractivity contribution in [1.82, 2.24) is 4.90 Å². The molecule has 3 aromatic rings. The van der Waals surface area contributed by atoms with E-state index in [9.17, 15) is 9.59 Å². The fourth-order valence-electron chi connectivity index (χ4n) is 4.90. The topological polar surface area (TPSA) is 103 Å². The highest BCUT2D eigenvalue weighted by molar-refractivity contribution is 6.05. The van der Waals surface area contributed by atoms with Gasteiger partial charge in [-0.2, -0.15) is 0 Å². The van der Waals surface area contributed by atoms with E-state index in [0.717, 1.165) is 31.2 Å². The van der Waals surface area contributed by atoms with Crippen molar-refractivity contribution in [1.29, 1.82) is 0 Å². The molecule has 5 rings (SSSR count). The quantitative estimate of drug-likeness (QED) is 0.491. The number of rotatable bonds is 7. The molecule has 1 aliphatic heterocycles. The Morgan fingerprint density at radius 3 is 2.54 bits per heavy atom. The highest BCUT2D eigenvalue weighted by Crippen LogP contribution is 2.34. The molecule has 0 atom stereocenters. The van der Waals surface area contributed by atoms with Crippen LogP contribution in [0, 0.1) is 0 Å². The number of anilines is 1. The molecule has 0 spiro atoms. The zero-order chi connectivity index (χ0) is 25.8. The average Bonchev–Trinajstić information content (AvgIpc) is 3.41. The molecule has 8 heteroatoms. The van der Waals surface area contributed by atoms with E-state index in [4.69, 9.17) is 19.9 Å². The molecule has 1 saturated carbocycles. The second kappa shape index (κ2) is 10.9. The van der Waals surface area contributed by atoms with Gasteiger partial charge in [-0.05, 0) is 73.7 Å². The molecule has 0 bridgehead atoms. The van der Waals surface area contributed by atoms with Crippen LogP contribution in [0.3, 0.4) is 0 Å². The third-order valence-corrected chi connectivity index (χ3v) is 7.00. The van der Waals surface area contributed by atoms with Gasteiger partial charge in [0, 0.05) is 35.4 Å². The van der Waals surface area contributed by atoms with Gasteiger partial charge in [-0.15, -0.1) is 0 Å². The van der Waals surface area contributed by atoms with Gasteiger partial charge in [0.05, 0.1) is 7.11 Å². The summed E-state index contributed by atoms with van der Waals surface area (Å²) in [6.07, 6.45) is 3.39. The number of hydrogen-bond acceptors (Lipinski definition) is 6. The summed E-state index contributed by atoms with van der Waals surface area (Å²) in [5, 5.41) is 3.02. The van der Waals surface area contributed by atoms with Crippen molar-refractivity contribution >= 4 is 17.5 Å². The molecule has 37 heavy (non-hydrogen) atoms. The first-order chi connectivity index (χ1) is 18.0. The minimum absolute atomic E-state index is 0.0415. The third-order valence-electron chi connectivity index (χ3n) is 7.00. The van der Waals surface area contributed by atoms with Crippen molar-refractivity contribution in [3.8, 4) is 17.2 Å². The summed E-state index contributed by atoms with van der Waals surface area (Å²) < 4.78 is 16.2. The fraction of sp³-hybridized carbons (Fsp3) is 0.310. The summed E-state index contributed by atoms with van der Waals surface area (Å²) in [5.41, 5.74) is 8.70. The van der Waals surface area contributed by atoms with Gasteiger partial charge < -0.3 is 30.2 Å². The molecule has 2 amide bonds. The predicted molar refractivity (Wildman–Crippen MR) is 140 cm³/mol. The Morgan fingerprint density at radius 2 is 1.73 bits per heavy atom. The minimum atomic E-state index is -0.247. The van der Waals surface area contributed by atoms with Crippen LogP contribution in [0.4, 0.5) is 5.69 Å². The molecule has 3 aromatic carbocycles. The third kappa shape index (κ3) is 5.54. The van der Waals surface area contributed by atoms with Gasteiger partial charge in [-0.1, -0.05) is 24.3 Å². The number of fused-ring (bicyclic) bond motifs is 1. The van der Waals surface area contributed by atoms with E-state index >= 15 is 0 Å². The maximum Gasteiger partial charge on any atom is 0.255 e. The number of para-hydroxylation sites is 1. The lowest BCUT2D eigenvalue weighted by atomic mass is 9.90. The zero-order valence-electron chi connectivity index (χ0n) is 20.8. The van der Waals surface area contributed by atoms with E-state index in [1.807, 2.05) is 29.2 Å². The van der Waals surface area contributed by atoms with Crippen LogP contribution in [0.2, 0.25) is 0 Å². The van der Waals surface area contributed by atoms with Gasteiger partial charge in [-0.25, -0.2) is 0 Å². The van der Waals surface area contributed by atoms with E-state index in [1.54, 1.807) is 49.6 Å². The van der Waals surface area contributed by atoms with Gasteiger partial charge >= 0.3 is 0 Å². The normalized spacial score (nSPS) is 18.2. The van der Waals surface area contributed by atoms with E-state index in [1.165, 1.54) is 0 Å². The fourth-order valence-corrected chi connectivity index (χ4v) is 4.90. The molecular weight excluding hydrogens is 470 g/mol. The molecule has 2 aliphatic rings. The van der Waals surface area contributed by atoms with Gasteiger partial charge in [-0.3, -0.25) is 9.59 Å². The van der Waals surface area contributed by atoms with Gasteiger partial charge in [0.25, 0.3) is 11.8 Å². The lowest BCUT2D eigenvalue weighted by Crippen LogP contribution is -2.44. The van der Waals surface area contributed by atoms with Crippen LogP contribution in [-0.2, 0) is 6.54 Å². The number of nitrogens with two attached hydrogens (primary N) is 1. The Bertz CT molecular complexity index is 1290. The Kier molecular flexibility index (Phi) is 7.28. The Labute approximate surface area is 216 Å². The highest BCUT2D eigenvalue weighted by Gasteiger charge is 2.30.